The Kier molecular flexibility index (Phi) is 12.8. The number of carbonyl (C=O) groups is 4. The van der Waals surface area contributed by atoms with Crippen LogP contribution in [0.25, 0.3) is 0 Å². The summed E-state index contributed by atoms with van der Waals surface area (Å²) in [6.45, 7) is 14.2. The lowest BCUT2D eigenvalue weighted by molar-refractivity contribution is -0.165. The van der Waals surface area contributed by atoms with Crippen LogP contribution >= 0.6 is 0 Å². The number of esters is 2. The smallest absolute Gasteiger partial charge is 0.335 e. The van der Waals surface area contributed by atoms with Crippen molar-refractivity contribution in [2.75, 3.05) is 33.0 Å². The first-order valence-electron chi connectivity index (χ1n) is 13.3. The second kappa shape index (κ2) is 14.3. The normalized spacial score (nSPS) is 15.3. The Bertz CT molecular complexity index is 904. The van der Waals surface area contributed by atoms with Gasteiger partial charge in [0, 0.05) is 32.1 Å². The first-order chi connectivity index (χ1) is 17.8. The molecule has 0 aromatic carbocycles. The largest absolute Gasteiger partial charge is 0.458 e. The van der Waals surface area contributed by atoms with Gasteiger partial charge in [-0.2, -0.15) is 0 Å². The third kappa shape index (κ3) is 13.0. The van der Waals surface area contributed by atoms with Crippen molar-refractivity contribution in [1.82, 2.24) is 4.90 Å². The molecule has 2 N–H and O–H groups in total. The molecule has 0 aromatic rings. The summed E-state index contributed by atoms with van der Waals surface area (Å²) in [5, 5.41) is 18.2. The van der Waals surface area contributed by atoms with Gasteiger partial charge in [0.25, 0.3) is 5.91 Å². The third-order valence-electron chi connectivity index (χ3n) is 6.34. The van der Waals surface area contributed by atoms with Crippen molar-refractivity contribution >= 4 is 23.8 Å². The van der Waals surface area contributed by atoms with Crippen LogP contribution in [0.3, 0.4) is 0 Å². The van der Waals surface area contributed by atoms with E-state index in [-0.39, 0.29) is 38.4 Å². The molecular formula is C28H47NO10. The lowest BCUT2D eigenvalue weighted by Gasteiger charge is -2.31. The van der Waals surface area contributed by atoms with Gasteiger partial charge in [-0.25, -0.2) is 4.79 Å². The highest BCUT2D eigenvalue weighted by Gasteiger charge is 2.35. The molecule has 0 aromatic heterocycles. The zero-order chi connectivity index (χ0) is 30.1. The van der Waals surface area contributed by atoms with E-state index < -0.39 is 52.7 Å². The predicted octanol–water partition coefficient (Wildman–Crippen LogP) is 2.45. The van der Waals surface area contributed by atoms with Crippen LogP contribution in [0.2, 0.25) is 0 Å². The summed E-state index contributed by atoms with van der Waals surface area (Å²) in [5.74, 6) is -3.05. The standard InChI is InChI=1S/C28H47NO10/c1-25(2,9-13-30)36-15-11-27(5,6)38-23(34)19-29-21(32)17-20(18-22(29)33)24(35)39-28(7,8)12-16-37-26(3,4)10-14-31/h17,30-31H,9-16,18-19H2,1-8H3. The number of nitrogens with zero attached hydrogens (tertiary/aromatic N) is 1. The van der Waals surface area contributed by atoms with Crippen LogP contribution in [0.1, 0.15) is 87.5 Å². The van der Waals surface area contributed by atoms with Gasteiger partial charge in [0.1, 0.15) is 17.7 Å². The predicted molar refractivity (Wildman–Crippen MR) is 142 cm³/mol. The van der Waals surface area contributed by atoms with E-state index in [1.807, 2.05) is 27.7 Å². The van der Waals surface area contributed by atoms with Crippen LogP contribution < -0.4 is 0 Å². The highest BCUT2D eigenvalue weighted by Crippen LogP contribution is 2.24. The van der Waals surface area contributed by atoms with E-state index in [9.17, 15) is 19.2 Å². The Morgan fingerprint density at radius 3 is 1.67 bits per heavy atom. The topological polar surface area (TPSA) is 149 Å². The molecule has 0 saturated carbocycles. The molecular weight excluding hydrogens is 510 g/mol. The lowest BCUT2D eigenvalue weighted by atomic mass is 10.0. The number of hydrogen-bond acceptors (Lipinski definition) is 10. The van der Waals surface area contributed by atoms with Crippen LogP contribution in [0.4, 0.5) is 0 Å². The fraction of sp³-hybridized carbons (Fsp3) is 0.786. The van der Waals surface area contributed by atoms with Crippen molar-refractivity contribution in [3.63, 3.8) is 0 Å². The van der Waals surface area contributed by atoms with Crippen molar-refractivity contribution in [1.29, 1.82) is 0 Å². The minimum atomic E-state index is -0.928. The number of aliphatic hydroxyl groups excluding tert-OH is 2. The van der Waals surface area contributed by atoms with E-state index in [0.29, 0.717) is 25.7 Å². The van der Waals surface area contributed by atoms with Crippen molar-refractivity contribution in [3.8, 4) is 0 Å². The van der Waals surface area contributed by atoms with Gasteiger partial charge in [0.2, 0.25) is 5.91 Å². The summed E-state index contributed by atoms with van der Waals surface area (Å²) in [6.07, 6.45) is 2.28. The van der Waals surface area contributed by atoms with E-state index in [1.165, 1.54) is 0 Å². The van der Waals surface area contributed by atoms with Crippen LogP contribution in [-0.2, 0) is 38.1 Å². The fourth-order valence-corrected chi connectivity index (χ4v) is 3.67. The summed E-state index contributed by atoms with van der Waals surface area (Å²) in [5.41, 5.74) is -2.98. The highest BCUT2D eigenvalue weighted by atomic mass is 16.6. The monoisotopic (exact) mass is 557 g/mol. The summed E-state index contributed by atoms with van der Waals surface area (Å²) < 4.78 is 22.5. The lowest BCUT2D eigenvalue weighted by Crippen LogP contribution is -2.45. The summed E-state index contributed by atoms with van der Waals surface area (Å²) in [6, 6.07) is 0. The molecule has 0 atom stereocenters. The van der Waals surface area contributed by atoms with E-state index in [0.717, 1.165) is 11.0 Å². The van der Waals surface area contributed by atoms with Gasteiger partial charge in [-0.3, -0.25) is 19.3 Å². The van der Waals surface area contributed by atoms with Gasteiger partial charge in [0.15, 0.2) is 0 Å². The average Bonchev–Trinajstić information content (AvgIpc) is 2.74. The Hall–Kier alpha value is -2.34. The molecule has 0 bridgehead atoms. The zero-order valence-corrected chi connectivity index (χ0v) is 24.8. The molecule has 11 nitrogen and oxygen atoms in total. The van der Waals surface area contributed by atoms with Crippen LogP contribution in [0, 0.1) is 0 Å². The van der Waals surface area contributed by atoms with Crippen molar-refractivity contribution in [3.05, 3.63) is 11.6 Å². The van der Waals surface area contributed by atoms with Gasteiger partial charge >= 0.3 is 11.9 Å². The molecule has 0 spiro atoms. The molecule has 11 heteroatoms. The second-order valence-electron chi connectivity index (χ2n) is 12.2. The Balaban J connectivity index is 2.65. The van der Waals surface area contributed by atoms with E-state index in [2.05, 4.69) is 0 Å². The number of rotatable bonds is 17. The molecule has 224 valence electrons. The number of amides is 2. The number of ether oxygens (including phenoxy) is 4. The zero-order valence-electron chi connectivity index (χ0n) is 24.8. The molecule has 1 aliphatic heterocycles. The molecule has 0 unspecified atom stereocenters. The molecule has 39 heavy (non-hydrogen) atoms. The highest BCUT2D eigenvalue weighted by molar-refractivity contribution is 6.12. The van der Waals surface area contributed by atoms with Gasteiger partial charge in [-0.1, -0.05) is 0 Å². The average molecular weight is 558 g/mol. The maximum Gasteiger partial charge on any atom is 0.335 e. The van der Waals surface area contributed by atoms with E-state index in [4.69, 9.17) is 29.2 Å². The van der Waals surface area contributed by atoms with Gasteiger partial charge in [-0.05, 0) is 68.2 Å². The molecule has 0 saturated heterocycles. The molecule has 0 aliphatic carbocycles. The Labute approximate surface area is 231 Å². The minimum Gasteiger partial charge on any atom is -0.458 e. The van der Waals surface area contributed by atoms with Crippen molar-refractivity contribution in [2.24, 2.45) is 0 Å². The first-order valence-corrected chi connectivity index (χ1v) is 13.3. The second-order valence-corrected chi connectivity index (χ2v) is 12.2. The van der Waals surface area contributed by atoms with Crippen molar-refractivity contribution in [2.45, 2.75) is 110 Å². The molecule has 1 heterocycles. The molecule has 0 fully saturated rings. The van der Waals surface area contributed by atoms with Crippen LogP contribution in [0.15, 0.2) is 11.6 Å². The van der Waals surface area contributed by atoms with Gasteiger partial charge in [0.05, 0.1) is 36.4 Å². The maximum absolute atomic E-state index is 12.7. The molecule has 2 amide bonds. The maximum atomic E-state index is 12.7. The summed E-state index contributed by atoms with van der Waals surface area (Å²) in [4.78, 5) is 51.2. The Morgan fingerprint density at radius 1 is 0.769 bits per heavy atom. The molecule has 0 radical (unpaired) electrons. The third-order valence-corrected chi connectivity index (χ3v) is 6.34. The summed E-state index contributed by atoms with van der Waals surface area (Å²) >= 11 is 0. The van der Waals surface area contributed by atoms with Crippen LogP contribution in [0.5, 0.6) is 0 Å². The first kappa shape index (κ1) is 34.7. The summed E-state index contributed by atoms with van der Waals surface area (Å²) in [7, 11) is 0. The van der Waals surface area contributed by atoms with Crippen molar-refractivity contribution < 1.29 is 48.3 Å². The van der Waals surface area contributed by atoms with Gasteiger partial charge < -0.3 is 29.2 Å². The van der Waals surface area contributed by atoms with Gasteiger partial charge in [-0.15, -0.1) is 0 Å². The SMILES string of the molecule is CC(C)(CCO)OCCC(C)(C)OC(=O)CN1C(=O)C=C(C(=O)OC(C)(C)CCOC(C)(C)CCO)CC1=O. The number of imide groups is 1. The molecule has 1 aliphatic rings. The molecule has 1 rings (SSSR count). The quantitative estimate of drug-likeness (QED) is 0.202. The Morgan fingerprint density at radius 2 is 1.23 bits per heavy atom. The fourth-order valence-electron chi connectivity index (χ4n) is 3.67. The van der Waals surface area contributed by atoms with E-state index in [1.54, 1.807) is 27.7 Å². The number of carbonyl (C=O) groups excluding carboxylic acids is 4. The number of hydrogen-bond donors (Lipinski definition) is 2. The minimum absolute atomic E-state index is 0.00547. The number of aliphatic hydroxyl groups is 2. The van der Waals surface area contributed by atoms with E-state index >= 15 is 0 Å². The van der Waals surface area contributed by atoms with Crippen LogP contribution in [-0.4, -0.2) is 94.2 Å².